The maximum Gasteiger partial charge on any atom is 0.279 e. The standard InChI is InChI=1S/C22H27FN4O3/c1-25(15-21(28)24-18-5-3-17(23)4-6-18)16-22(29)27-13-11-26(12-14-27)19-7-9-20(30-2)10-8-19/h3-10H,11-16H2,1-2H3,(H,24,28)/p+1. The summed E-state index contributed by atoms with van der Waals surface area (Å²) in [4.78, 5) is 29.7. The predicted molar refractivity (Wildman–Crippen MR) is 113 cm³/mol. The summed E-state index contributed by atoms with van der Waals surface area (Å²) in [5, 5.41) is 2.72. The summed E-state index contributed by atoms with van der Waals surface area (Å²) < 4.78 is 18.1. The number of anilines is 2. The van der Waals surface area contributed by atoms with E-state index in [9.17, 15) is 14.0 Å². The Balaban J connectivity index is 1.42. The molecule has 1 aliphatic heterocycles. The number of likely N-dealkylation sites (N-methyl/N-ethyl adjacent to an activating group) is 1. The number of amides is 2. The zero-order valence-corrected chi connectivity index (χ0v) is 17.4. The van der Waals surface area contributed by atoms with Crippen LogP contribution in [0.5, 0.6) is 5.75 Å². The van der Waals surface area contributed by atoms with Crippen LogP contribution in [0, 0.1) is 5.82 Å². The second-order valence-corrected chi connectivity index (χ2v) is 7.43. The first-order valence-corrected chi connectivity index (χ1v) is 9.98. The average Bonchev–Trinajstić information content (AvgIpc) is 2.75. The Morgan fingerprint density at radius 1 is 1.00 bits per heavy atom. The molecular weight excluding hydrogens is 387 g/mol. The van der Waals surface area contributed by atoms with Gasteiger partial charge in [0.05, 0.1) is 14.2 Å². The van der Waals surface area contributed by atoms with Crippen LogP contribution in [0.3, 0.4) is 0 Å². The number of methoxy groups -OCH3 is 1. The number of hydrogen-bond donors (Lipinski definition) is 2. The second kappa shape index (κ2) is 10.1. The van der Waals surface area contributed by atoms with Gasteiger partial charge in [0.2, 0.25) is 0 Å². The van der Waals surface area contributed by atoms with Crippen molar-refractivity contribution in [2.75, 3.05) is 63.6 Å². The Morgan fingerprint density at radius 2 is 1.63 bits per heavy atom. The highest BCUT2D eigenvalue weighted by Crippen LogP contribution is 2.20. The minimum Gasteiger partial charge on any atom is -0.497 e. The molecule has 2 amide bonds. The van der Waals surface area contributed by atoms with Crippen molar-refractivity contribution in [1.82, 2.24) is 4.90 Å². The van der Waals surface area contributed by atoms with Crippen LogP contribution in [0.15, 0.2) is 48.5 Å². The first-order valence-electron chi connectivity index (χ1n) is 9.98. The number of nitrogens with one attached hydrogen (secondary N) is 2. The third-order valence-corrected chi connectivity index (χ3v) is 5.11. The molecule has 160 valence electrons. The molecule has 7 nitrogen and oxygen atoms in total. The molecule has 2 N–H and O–H groups in total. The number of carbonyl (C=O) groups is 2. The first-order chi connectivity index (χ1) is 14.4. The van der Waals surface area contributed by atoms with Crippen molar-refractivity contribution in [3.63, 3.8) is 0 Å². The molecule has 3 rings (SSSR count). The van der Waals surface area contributed by atoms with Gasteiger partial charge in [-0.15, -0.1) is 0 Å². The molecule has 30 heavy (non-hydrogen) atoms. The van der Waals surface area contributed by atoms with Gasteiger partial charge in [0.15, 0.2) is 13.1 Å². The van der Waals surface area contributed by atoms with Crippen LogP contribution < -0.4 is 19.9 Å². The quantitative estimate of drug-likeness (QED) is 0.697. The molecule has 0 spiro atoms. The Kier molecular flexibility index (Phi) is 7.24. The van der Waals surface area contributed by atoms with Crippen LogP contribution >= 0.6 is 0 Å². The highest BCUT2D eigenvalue weighted by molar-refractivity contribution is 5.91. The number of nitrogens with zero attached hydrogens (tertiary/aromatic N) is 2. The first kappa shape index (κ1) is 21.6. The highest BCUT2D eigenvalue weighted by atomic mass is 19.1. The van der Waals surface area contributed by atoms with Crippen LogP contribution in [0.4, 0.5) is 15.8 Å². The van der Waals surface area contributed by atoms with Gasteiger partial charge in [-0.3, -0.25) is 9.59 Å². The second-order valence-electron chi connectivity index (χ2n) is 7.43. The topological polar surface area (TPSA) is 66.3 Å². The van der Waals surface area contributed by atoms with Crippen molar-refractivity contribution in [1.29, 1.82) is 0 Å². The van der Waals surface area contributed by atoms with Gasteiger partial charge in [0.1, 0.15) is 11.6 Å². The fraction of sp³-hybridized carbons (Fsp3) is 0.364. The molecule has 0 aliphatic carbocycles. The van der Waals surface area contributed by atoms with Gasteiger partial charge in [0.25, 0.3) is 11.8 Å². The zero-order chi connectivity index (χ0) is 21.5. The predicted octanol–water partition coefficient (Wildman–Crippen LogP) is 0.636. The molecule has 2 aromatic carbocycles. The fourth-order valence-corrected chi connectivity index (χ4v) is 3.45. The summed E-state index contributed by atoms with van der Waals surface area (Å²) >= 11 is 0. The van der Waals surface area contributed by atoms with E-state index in [-0.39, 0.29) is 30.7 Å². The van der Waals surface area contributed by atoms with Crippen LogP contribution in [-0.4, -0.2) is 70.1 Å². The van der Waals surface area contributed by atoms with Crippen molar-refractivity contribution in [2.45, 2.75) is 0 Å². The van der Waals surface area contributed by atoms with E-state index in [1.807, 2.05) is 36.2 Å². The molecule has 0 aromatic heterocycles. The van der Waals surface area contributed by atoms with Gasteiger partial charge in [-0.05, 0) is 48.5 Å². The van der Waals surface area contributed by atoms with E-state index in [0.717, 1.165) is 29.4 Å². The SMILES string of the molecule is COc1ccc(N2CCN(C(=O)C[NH+](C)CC(=O)Nc3ccc(F)cc3)CC2)cc1. The Morgan fingerprint density at radius 3 is 2.23 bits per heavy atom. The summed E-state index contributed by atoms with van der Waals surface area (Å²) in [5.74, 6) is 0.295. The normalized spacial score (nSPS) is 14.9. The summed E-state index contributed by atoms with van der Waals surface area (Å²) in [5.41, 5.74) is 1.65. The number of quaternary nitrogens is 1. The Labute approximate surface area is 176 Å². The van der Waals surface area contributed by atoms with E-state index in [0.29, 0.717) is 18.8 Å². The lowest BCUT2D eigenvalue weighted by Crippen LogP contribution is -3.11. The van der Waals surface area contributed by atoms with Crippen LogP contribution in [-0.2, 0) is 9.59 Å². The van der Waals surface area contributed by atoms with Gasteiger partial charge < -0.3 is 24.8 Å². The highest BCUT2D eigenvalue weighted by Gasteiger charge is 2.24. The van der Waals surface area contributed by atoms with Crippen molar-refractivity contribution < 1.29 is 23.6 Å². The van der Waals surface area contributed by atoms with E-state index >= 15 is 0 Å². The Hall–Kier alpha value is -3.13. The lowest BCUT2D eigenvalue weighted by molar-refractivity contribution is -0.862. The fourth-order valence-electron chi connectivity index (χ4n) is 3.45. The van der Waals surface area contributed by atoms with Crippen molar-refractivity contribution >= 4 is 23.2 Å². The van der Waals surface area contributed by atoms with E-state index < -0.39 is 0 Å². The van der Waals surface area contributed by atoms with Gasteiger partial charge in [-0.1, -0.05) is 0 Å². The molecular formula is C22H28FN4O3+. The van der Waals surface area contributed by atoms with E-state index in [1.165, 1.54) is 24.3 Å². The van der Waals surface area contributed by atoms with Gasteiger partial charge in [-0.2, -0.15) is 0 Å². The maximum atomic E-state index is 12.9. The molecule has 1 aliphatic rings. The molecule has 0 bridgehead atoms. The average molecular weight is 415 g/mol. The number of benzene rings is 2. The van der Waals surface area contributed by atoms with Gasteiger partial charge in [0, 0.05) is 37.6 Å². The zero-order valence-electron chi connectivity index (χ0n) is 17.4. The third-order valence-electron chi connectivity index (χ3n) is 5.11. The summed E-state index contributed by atoms with van der Waals surface area (Å²) in [6.45, 7) is 3.25. The van der Waals surface area contributed by atoms with Crippen molar-refractivity contribution in [3.8, 4) is 5.75 Å². The summed E-state index contributed by atoms with van der Waals surface area (Å²) in [6, 6.07) is 13.5. The Bertz CT molecular complexity index is 850. The van der Waals surface area contributed by atoms with Crippen LogP contribution in [0.25, 0.3) is 0 Å². The van der Waals surface area contributed by atoms with E-state index in [4.69, 9.17) is 4.74 Å². The lowest BCUT2D eigenvalue weighted by Gasteiger charge is -2.36. The minimum absolute atomic E-state index is 0.0384. The van der Waals surface area contributed by atoms with Crippen molar-refractivity contribution in [3.05, 3.63) is 54.3 Å². The van der Waals surface area contributed by atoms with E-state index in [1.54, 1.807) is 7.11 Å². The number of piperazine rings is 1. The summed E-state index contributed by atoms with van der Waals surface area (Å²) in [7, 11) is 3.46. The molecule has 1 atom stereocenters. The third kappa shape index (κ3) is 5.93. The largest absolute Gasteiger partial charge is 0.497 e. The number of hydrogen-bond acceptors (Lipinski definition) is 4. The van der Waals surface area contributed by atoms with Gasteiger partial charge in [-0.25, -0.2) is 4.39 Å². The summed E-state index contributed by atoms with van der Waals surface area (Å²) in [6.07, 6.45) is 0. The minimum atomic E-state index is -0.353. The van der Waals surface area contributed by atoms with Crippen LogP contribution in [0.1, 0.15) is 0 Å². The smallest absolute Gasteiger partial charge is 0.279 e. The molecule has 0 radical (unpaired) electrons. The number of ether oxygens (including phenoxy) is 1. The molecule has 1 unspecified atom stereocenters. The maximum absolute atomic E-state index is 12.9. The van der Waals surface area contributed by atoms with Gasteiger partial charge >= 0.3 is 0 Å². The molecule has 1 fully saturated rings. The molecule has 0 saturated carbocycles. The molecule has 8 heteroatoms. The van der Waals surface area contributed by atoms with Crippen molar-refractivity contribution in [2.24, 2.45) is 0 Å². The number of halogens is 1. The number of carbonyl (C=O) groups excluding carboxylic acids is 2. The monoisotopic (exact) mass is 415 g/mol. The lowest BCUT2D eigenvalue weighted by atomic mass is 10.2. The van der Waals surface area contributed by atoms with Crippen LogP contribution in [0.2, 0.25) is 0 Å². The molecule has 2 aromatic rings. The molecule has 1 heterocycles. The molecule has 1 saturated heterocycles. The number of rotatable bonds is 7. The van der Waals surface area contributed by atoms with E-state index in [2.05, 4.69) is 10.2 Å².